The van der Waals surface area contributed by atoms with Crippen LogP contribution >= 0.6 is 0 Å². The number of aryl methyl sites for hydroxylation is 1. The number of hydrogen-bond acceptors (Lipinski definition) is 5. The molecule has 1 saturated heterocycles. The fourth-order valence-electron chi connectivity index (χ4n) is 3.60. The molecule has 1 heterocycles. The molecule has 0 bridgehead atoms. The molecular weight excluding hydrogens is 388 g/mol. The standard InChI is InChI=1S/C21H22N4O5/c1-3-11-21(15-7-5-4-6-8-15)19(27)24(20(28)23-21)13-18(26)22-16-10-9-14(2)17(12-16)25(29)30/h4-10,12H,3,11,13H2,1-2H3,(H,22,26)(H,23,28)/t21-/m0/s1. The van der Waals surface area contributed by atoms with E-state index >= 15 is 0 Å². The van der Waals surface area contributed by atoms with E-state index in [1.807, 2.05) is 13.0 Å². The van der Waals surface area contributed by atoms with E-state index in [9.17, 15) is 24.5 Å². The Hall–Kier alpha value is -3.75. The van der Waals surface area contributed by atoms with Gasteiger partial charge in [-0.15, -0.1) is 0 Å². The van der Waals surface area contributed by atoms with Crippen LogP contribution in [0.2, 0.25) is 0 Å². The van der Waals surface area contributed by atoms with Crippen molar-refractivity contribution in [3.8, 4) is 0 Å². The van der Waals surface area contributed by atoms with Crippen molar-refractivity contribution < 1.29 is 19.3 Å². The Morgan fingerprint density at radius 1 is 1.20 bits per heavy atom. The van der Waals surface area contributed by atoms with Gasteiger partial charge in [0.2, 0.25) is 5.91 Å². The molecule has 1 aliphatic rings. The van der Waals surface area contributed by atoms with Crippen molar-refractivity contribution in [2.75, 3.05) is 11.9 Å². The first-order valence-electron chi connectivity index (χ1n) is 9.53. The minimum Gasteiger partial charge on any atom is -0.324 e. The Labute approximate surface area is 173 Å². The summed E-state index contributed by atoms with van der Waals surface area (Å²) < 4.78 is 0. The first-order valence-corrected chi connectivity index (χ1v) is 9.53. The van der Waals surface area contributed by atoms with Gasteiger partial charge in [0.15, 0.2) is 0 Å². The molecule has 0 aromatic heterocycles. The average Bonchev–Trinajstić information content (AvgIpc) is 2.95. The zero-order valence-corrected chi connectivity index (χ0v) is 16.7. The number of amides is 4. The van der Waals surface area contributed by atoms with Gasteiger partial charge in [0.05, 0.1) is 4.92 Å². The third-order valence-electron chi connectivity index (χ3n) is 5.06. The second kappa shape index (κ2) is 8.32. The van der Waals surface area contributed by atoms with Gasteiger partial charge in [-0.2, -0.15) is 0 Å². The molecule has 0 saturated carbocycles. The van der Waals surface area contributed by atoms with Crippen LogP contribution in [0.3, 0.4) is 0 Å². The molecule has 4 amide bonds. The van der Waals surface area contributed by atoms with Gasteiger partial charge in [-0.25, -0.2) is 4.79 Å². The SMILES string of the molecule is CCC[C@@]1(c2ccccc2)NC(=O)N(CC(=O)Nc2ccc(C)c([N+](=O)[O-])c2)C1=O. The van der Waals surface area contributed by atoms with Gasteiger partial charge in [-0.05, 0) is 25.0 Å². The van der Waals surface area contributed by atoms with E-state index in [0.29, 0.717) is 24.0 Å². The van der Waals surface area contributed by atoms with Crippen molar-refractivity contribution in [2.45, 2.75) is 32.2 Å². The fourth-order valence-corrected chi connectivity index (χ4v) is 3.60. The summed E-state index contributed by atoms with van der Waals surface area (Å²) in [4.78, 5) is 49.6. The van der Waals surface area contributed by atoms with E-state index in [-0.39, 0.29) is 11.4 Å². The minimum atomic E-state index is -1.21. The van der Waals surface area contributed by atoms with Gasteiger partial charge < -0.3 is 10.6 Å². The van der Waals surface area contributed by atoms with Crippen LogP contribution in [0.5, 0.6) is 0 Å². The Balaban J connectivity index is 1.79. The zero-order chi connectivity index (χ0) is 21.9. The molecule has 2 aromatic carbocycles. The van der Waals surface area contributed by atoms with Gasteiger partial charge in [0, 0.05) is 17.3 Å². The van der Waals surface area contributed by atoms with Crippen molar-refractivity contribution in [1.29, 1.82) is 0 Å². The second-order valence-electron chi connectivity index (χ2n) is 7.15. The summed E-state index contributed by atoms with van der Waals surface area (Å²) in [5.74, 6) is -1.12. The molecule has 0 radical (unpaired) electrons. The van der Waals surface area contributed by atoms with E-state index < -0.39 is 34.9 Å². The fraction of sp³-hybridized carbons (Fsp3) is 0.286. The molecule has 2 aromatic rings. The summed E-state index contributed by atoms with van der Waals surface area (Å²) in [5.41, 5.74) is -0.0154. The Kier molecular flexibility index (Phi) is 5.81. The third kappa shape index (κ3) is 3.86. The van der Waals surface area contributed by atoms with Crippen molar-refractivity contribution in [3.05, 3.63) is 69.8 Å². The monoisotopic (exact) mass is 410 g/mol. The number of carbonyl (C=O) groups excluding carboxylic acids is 3. The quantitative estimate of drug-likeness (QED) is 0.413. The third-order valence-corrected chi connectivity index (χ3v) is 5.06. The van der Waals surface area contributed by atoms with Crippen LogP contribution in [0.25, 0.3) is 0 Å². The van der Waals surface area contributed by atoms with Crippen LogP contribution in [-0.4, -0.2) is 34.2 Å². The topological polar surface area (TPSA) is 122 Å². The molecule has 2 N–H and O–H groups in total. The molecule has 3 rings (SSSR count). The number of hydrogen-bond donors (Lipinski definition) is 2. The summed E-state index contributed by atoms with van der Waals surface area (Å²) in [6.45, 7) is 3.00. The number of rotatable bonds is 7. The number of urea groups is 1. The summed E-state index contributed by atoms with van der Waals surface area (Å²) >= 11 is 0. The maximum Gasteiger partial charge on any atom is 0.325 e. The van der Waals surface area contributed by atoms with Crippen LogP contribution in [0, 0.1) is 17.0 Å². The molecule has 156 valence electrons. The molecule has 1 fully saturated rings. The first-order chi connectivity index (χ1) is 14.3. The van der Waals surface area contributed by atoms with E-state index in [1.165, 1.54) is 18.2 Å². The van der Waals surface area contributed by atoms with Crippen LogP contribution < -0.4 is 10.6 Å². The number of imide groups is 1. The molecular formula is C21H22N4O5. The average molecular weight is 410 g/mol. The highest BCUT2D eigenvalue weighted by Crippen LogP contribution is 2.33. The molecule has 0 spiro atoms. The van der Waals surface area contributed by atoms with E-state index in [2.05, 4.69) is 10.6 Å². The molecule has 1 atom stereocenters. The predicted molar refractivity (Wildman–Crippen MR) is 110 cm³/mol. The lowest BCUT2D eigenvalue weighted by Crippen LogP contribution is -2.44. The van der Waals surface area contributed by atoms with Crippen LogP contribution in [0.1, 0.15) is 30.9 Å². The van der Waals surface area contributed by atoms with Gasteiger partial charge in [0.1, 0.15) is 12.1 Å². The highest BCUT2D eigenvalue weighted by atomic mass is 16.6. The normalized spacial score (nSPS) is 18.3. The van der Waals surface area contributed by atoms with Gasteiger partial charge in [-0.1, -0.05) is 49.7 Å². The zero-order valence-electron chi connectivity index (χ0n) is 16.7. The predicted octanol–water partition coefficient (Wildman–Crippen LogP) is 3.09. The lowest BCUT2D eigenvalue weighted by atomic mass is 9.85. The molecule has 9 heteroatoms. The second-order valence-corrected chi connectivity index (χ2v) is 7.15. The first kappa shape index (κ1) is 21.0. The lowest BCUT2D eigenvalue weighted by molar-refractivity contribution is -0.385. The van der Waals surface area contributed by atoms with Crippen molar-refractivity contribution in [3.63, 3.8) is 0 Å². The summed E-state index contributed by atoms with van der Waals surface area (Å²) in [7, 11) is 0. The number of nitrogens with one attached hydrogen (secondary N) is 2. The number of nitro groups is 1. The molecule has 30 heavy (non-hydrogen) atoms. The number of carbonyl (C=O) groups is 3. The highest BCUT2D eigenvalue weighted by Gasteiger charge is 2.52. The van der Waals surface area contributed by atoms with E-state index in [1.54, 1.807) is 31.2 Å². The Bertz CT molecular complexity index is 1010. The molecule has 9 nitrogen and oxygen atoms in total. The van der Waals surface area contributed by atoms with Gasteiger partial charge in [-0.3, -0.25) is 24.6 Å². The van der Waals surface area contributed by atoms with Crippen LogP contribution in [-0.2, 0) is 15.1 Å². The molecule has 0 aliphatic carbocycles. The maximum absolute atomic E-state index is 13.2. The van der Waals surface area contributed by atoms with Crippen LogP contribution in [0.15, 0.2) is 48.5 Å². The Morgan fingerprint density at radius 2 is 1.90 bits per heavy atom. The highest BCUT2D eigenvalue weighted by molar-refractivity contribution is 6.10. The molecule has 0 unspecified atom stereocenters. The summed E-state index contributed by atoms with van der Waals surface area (Å²) in [6.07, 6.45) is 1.04. The Morgan fingerprint density at radius 3 is 2.53 bits per heavy atom. The van der Waals surface area contributed by atoms with Crippen molar-refractivity contribution in [1.82, 2.24) is 10.2 Å². The lowest BCUT2D eigenvalue weighted by Gasteiger charge is -2.26. The molecule has 1 aliphatic heterocycles. The minimum absolute atomic E-state index is 0.131. The summed E-state index contributed by atoms with van der Waals surface area (Å²) in [6, 6.07) is 12.5. The number of nitro benzene ring substituents is 1. The van der Waals surface area contributed by atoms with E-state index in [4.69, 9.17) is 0 Å². The number of nitrogens with zero attached hydrogens (tertiary/aromatic N) is 2. The largest absolute Gasteiger partial charge is 0.325 e. The van der Waals surface area contributed by atoms with Crippen LogP contribution in [0.4, 0.5) is 16.2 Å². The van der Waals surface area contributed by atoms with Crippen molar-refractivity contribution >= 4 is 29.2 Å². The van der Waals surface area contributed by atoms with E-state index in [0.717, 1.165) is 4.90 Å². The summed E-state index contributed by atoms with van der Waals surface area (Å²) in [5, 5.41) is 16.3. The van der Waals surface area contributed by atoms with Gasteiger partial charge in [0.25, 0.3) is 11.6 Å². The smallest absolute Gasteiger partial charge is 0.324 e. The maximum atomic E-state index is 13.2. The van der Waals surface area contributed by atoms with Crippen molar-refractivity contribution in [2.24, 2.45) is 0 Å². The number of benzene rings is 2. The van der Waals surface area contributed by atoms with Gasteiger partial charge >= 0.3 is 6.03 Å². The number of anilines is 1.